The highest BCUT2D eigenvalue weighted by Crippen LogP contribution is 2.18. The average Bonchev–Trinajstić information content (AvgIpc) is 1.59. The largest absolute Gasteiger partial charge is 0.303 e. The highest BCUT2D eigenvalue weighted by molar-refractivity contribution is 5.49. The van der Waals surface area contributed by atoms with Gasteiger partial charge in [0.2, 0.25) is 0 Å². The first-order chi connectivity index (χ1) is 3.92. The topological polar surface area (TPSA) is 17.1 Å². The van der Waals surface area contributed by atoms with Gasteiger partial charge < -0.3 is 4.79 Å². The summed E-state index contributed by atoms with van der Waals surface area (Å²) < 4.78 is 6.62. The second kappa shape index (κ2) is 2.85. The van der Waals surface area contributed by atoms with Crippen LogP contribution in [0.4, 0.5) is 0 Å². The first kappa shape index (κ1) is 5.80. The van der Waals surface area contributed by atoms with Gasteiger partial charge in [0.1, 0.15) is 7.63 Å². The molecule has 0 spiro atoms. The third-order valence-electron chi connectivity index (χ3n) is 0.977. The summed E-state index contributed by atoms with van der Waals surface area (Å²) in [6.07, 6.45) is 0.753. The summed E-state index contributed by atoms with van der Waals surface area (Å²) in [6.45, 7) is 6.20. The Labute approximate surface area is 52.5 Å². The third-order valence-corrected chi connectivity index (χ3v) is 0.977. The van der Waals surface area contributed by atoms with E-state index in [2.05, 4.69) is 20.8 Å². The Morgan fingerprint density at radius 2 is 2.12 bits per heavy atom. The minimum atomic E-state index is -0.454. The van der Waals surface area contributed by atoms with E-state index in [-0.39, 0.29) is 5.41 Å². The molecule has 0 bridgehead atoms. The highest BCUT2D eigenvalue weighted by Gasteiger charge is 2.07. The van der Waals surface area contributed by atoms with Gasteiger partial charge in [-0.05, 0) is 11.8 Å². The van der Waals surface area contributed by atoms with Crippen molar-refractivity contribution in [3.63, 3.8) is 0 Å². The van der Waals surface area contributed by atoms with Crippen LogP contribution in [0.2, 0.25) is 0 Å². The molecule has 8 heavy (non-hydrogen) atoms. The van der Waals surface area contributed by atoms with Crippen molar-refractivity contribution in [2.75, 3.05) is 0 Å². The maximum atomic E-state index is 10.2. The Hall–Kier alpha value is -0.330. The van der Waals surface area contributed by atoms with E-state index in [9.17, 15) is 4.79 Å². The Kier molecular flexibility index (Phi) is 2.07. The molecule has 0 aliphatic rings. The van der Waals surface area contributed by atoms with Crippen LogP contribution in [0.3, 0.4) is 0 Å². The van der Waals surface area contributed by atoms with Gasteiger partial charge >= 0.3 is 0 Å². The van der Waals surface area contributed by atoms with Crippen molar-refractivity contribution in [2.24, 2.45) is 5.41 Å². The van der Waals surface area contributed by atoms with Crippen LogP contribution < -0.4 is 0 Å². The van der Waals surface area contributed by atoms with Crippen LogP contribution in [-0.2, 0) is 4.79 Å². The molecule has 0 aliphatic heterocycles. The zero-order valence-electron chi connectivity index (χ0n) is 6.82. The molecule has 0 amide bonds. The van der Waals surface area contributed by atoms with Crippen LogP contribution in [-0.4, -0.2) is 6.26 Å². The van der Waals surface area contributed by atoms with E-state index in [0.717, 1.165) is 6.42 Å². The summed E-state index contributed by atoms with van der Waals surface area (Å²) in [6, 6.07) is 0. The van der Waals surface area contributed by atoms with Gasteiger partial charge in [0.25, 0.3) is 0 Å². The molecular formula is C7H14O. The van der Waals surface area contributed by atoms with Crippen LogP contribution in [0.1, 0.15) is 35.0 Å². The summed E-state index contributed by atoms with van der Waals surface area (Å²) in [5, 5.41) is 0. The maximum absolute atomic E-state index is 10.2. The van der Waals surface area contributed by atoms with E-state index >= 15 is 0 Å². The molecule has 0 aliphatic carbocycles. The number of rotatable bonds is 2. The summed E-state index contributed by atoms with van der Waals surface area (Å²) in [4.78, 5) is 10.2. The van der Waals surface area contributed by atoms with E-state index in [1.165, 1.54) is 0 Å². The Bertz CT molecular complexity index is 102. The molecule has 0 saturated carbocycles. The molecule has 1 heteroatoms. The monoisotopic (exact) mass is 115 g/mol. The molecule has 1 nitrogen and oxygen atoms in total. The lowest BCUT2D eigenvalue weighted by atomic mass is 9.91. The average molecular weight is 115 g/mol. The van der Waals surface area contributed by atoms with Gasteiger partial charge in [0.15, 0.2) is 0 Å². The molecule has 0 unspecified atom stereocenters. The zero-order chi connectivity index (χ0) is 7.49. The molecule has 0 aromatic rings. The molecule has 0 rings (SSSR count). The molecule has 0 atom stereocenters. The summed E-state index contributed by atoms with van der Waals surface area (Å²) >= 11 is 0. The van der Waals surface area contributed by atoms with E-state index in [0.29, 0.717) is 6.42 Å². The van der Waals surface area contributed by atoms with Crippen molar-refractivity contribution >= 4 is 6.26 Å². The normalized spacial score (nSPS) is 13.1. The molecule has 0 saturated heterocycles. The van der Waals surface area contributed by atoms with E-state index in [1.54, 1.807) is 0 Å². The van der Waals surface area contributed by atoms with Crippen LogP contribution in [0.25, 0.3) is 0 Å². The van der Waals surface area contributed by atoms with Gasteiger partial charge in [0.05, 0.1) is 0 Å². The number of hydrogen-bond acceptors (Lipinski definition) is 1. The lowest BCUT2D eigenvalue weighted by Gasteiger charge is -2.14. The molecule has 0 heterocycles. The second-order valence-corrected chi connectivity index (χ2v) is 3.20. The van der Waals surface area contributed by atoms with E-state index < -0.39 is 6.26 Å². The predicted octanol–water partition coefficient (Wildman–Crippen LogP) is 2.01. The lowest BCUT2D eigenvalue weighted by molar-refractivity contribution is -0.108. The minimum absolute atomic E-state index is 0.191. The fourth-order valence-electron chi connectivity index (χ4n) is 0.426. The van der Waals surface area contributed by atoms with Gasteiger partial charge in [-0.2, -0.15) is 0 Å². The molecule has 0 fully saturated rings. The van der Waals surface area contributed by atoms with Crippen molar-refractivity contribution < 1.29 is 6.17 Å². The quantitative estimate of drug-likeness (QED) is 0.503. The van der Waals surface area contributed by atoms with Gasteiger partial charge in [-0.1, -0.05) is 20.8 Å². The number of aldehydes is 1. The van der Waals surface area contributed by atoms with Crippen LogP contribution in [0, 0.1) is 5.41 Å². The van der Waals surface area contributed by atoms with Gasteiger partial charge in [0, 0.05) is 6.42 Å². The van der Waals surface area contributed by atoms with Crippen molar-refractivity contribution in [1.29, 1.82) is 0 Å². The van der Waals surface area contributed by atoms with Crippen LogP contribution >= 0.6 is 0 Å². The summed E-state index contributed by atoms with van der Waals surface area (Å²) in [5.74, 6) is 0. The zero-order valence-corrected chi connectivity index (χ0v) is 5.82. The number of carbonyl (C=O) groups excluding carboxylic acids is 1. The lowest BCUT2D eigenvalue weighted by Crippen LogP contribution is -2.03. The maximum Gasteiger partial charge on any atom is 0.120 e. The first-order valence-corrected chi connectivity index (χ1v) is 2.91. The number of hydrogen-bond donors (Lipinski definition) is 0. The predicted molar refractivity (Wildman–Crippen MR) is 34.8 cm³/mol. The smallest absolute Gasteiger partial charge is 0.120 e. The first-order valence-electron chi connectivity index (χ1n) is 3.41. The highest BCUT2D eigenvalue weighted by atomic mass is 16.1. The Balaban J connectivity index is 3.39. The fourth-order valence-corrected chi connectivity index (χ4v) is 0.426. The fraction of sp³-hybridized carbons (Fsp3) is 0.857. The van der Waals surface area contributed by atoms with Crippen LogP contribution in [0.15, 0.2) is 0 Å². The summed E-state index contributed by atoms with van der Waals surface area (Å²) in [5.41, 5.74) is 0.191. The second-order valence-electron chi connectivity index (χ2n) is 3.20. The Morgan fingerprint density at radius 1 is 1.62 bits per heavy atom. The van der Waals surface area contributed by atoms with Gasteiger partial charge in [-0.25, -0.2) is 0 Å². The van der Waals surface area contributed by atoms with E-state index in [1.807, 2.05) is 0 Å². The Morgan fingerprint density at radius 3 is 2.25 bits per heavy atom. The molecule has 0 aromatic heterocycles. The summed E-state index contributed by atoms with van der Waals surface area (Å²) in [7, 11) is 0. The molecular weight excluding hydrogens is 100 g/mol. The standard InChI is InChI=1S/C7H14O/c1-7(2,3)5-4-6-8/h6H,4-5H2,1-3H3/i6D. The molecule has 0 aromatic carbocycles. The van der Waals surface area contributed by atoms with Crippen molar-refractivity contribution in [3.05, 3.63) is 0 Å². The molecule has 48 valence electrons. The van der Waals surface area contributed by atoms with Crippen LogP contribution in [0.5, 0.6) is 0 Å². The minimum Gasteiger partial charge on any atom is -0.303 e. The van der Waals surface area contributed by atoms with Crippen molar-refractivity contribution in [3.8, 4) is 0 Å². The molecule has 0 radical (unpaired) electrons. The third kappa shape index (κ3) is 5.67. The van der Waals surface area contributed by atoms with Gasteiger partial charge in [-0.3, -0.25) is 0 Å². The number of carbonyl (C=O) groups is 1. The van der Waals surface area contributed by atoms with E-state index in [4.69, 9.17) is 1.37 Å². The molecule has 0 N–H and O–H groups in total. The SMILES string of the molecule is [2H]C(=O)CCC(C)(C)C. The van der Waals surface area contributed by atoms with Gasteiger partial charge in [-0.15, -0.1) is 0 Å². The van der Waals surface area contributed by atoms with Crippen molar-refractivity contribution in [1.82, 2.24) is 0 Å². The van der Waals surface area contributed by atoms with Crippen molar-refractivity contribution in [2.45, 2.75) is 33.6 Å².